The van der Waals surface area contributed by atoms with Crippen molar-refractivity contribution in [1.29, 1.82) is 0 Å². The van der Waals surface area contributed by atoms with Gasteiger partial charge in [-0.05, 0) is 6.07 Å². The number of H-pyrrole nitrogens is 1. The molecule has 0 spiro atoms. The topological polar surface area (TPSA) is 80.1 Å². The number of rotatable bonds is 4. The first-order chi connectivity index (χ1) is 11.6. The molecule has 0 fully saturated rings. The van der Waals surface area contributed by atoms with Crippen LogP contribution in [0.2, 0.25) is 0 Å². The highest BCUT2D eigenvalue weighted by Gasteiger charge is 2.34. The fourth-order valence-electron chi connectivity index (χ4n) is 1.95. The summed E-state index contributed by atoms with van der Waals surface area (Å²) in [6.07, 6.45) is -7.73. The second kappa shape index (κ2) is 5.91. The van der Waals surface area contributed by atoms with Gasteiger partial charge in [0.25, 0.3) is 0 Å². The Balaban J connectivity index is 2.02. The van der Waals surface area contributed by atoms with Crippen molar-refractivity contribution in [3.05, 3.63) is 35.9 Å². The van der Waals surface area contributed by atoms with Crippen molar-refractivity contribution in [3.63, 3.8) is 0 Å². The SMILES string of the molecule is FC(F)(F)OCc1cc2c(Nc3ccn[nH]3)nc(C(F)(F)F)cn2n1. The summed E-state index contributed by atoms with van der Waals surface area (Å²) in [6, 6.07) is 2.57. The number of nitrogens with zero attached hydrogens (tertiary/aromatic N) is 4. The van der Waals surface area contributed by atoms with E-state index in [0.717, 1.165) is 10.6 Å². The summed E-state index contributed by atoms with van der Waals surface area (Å²) >= 11 is 0. The maximum Gasteiger partial charge on any atom is 0.522 e. The molecule has 0 radical (unpaired) electrons. The van der Waals surface area contributed by atoms with Gasteiger partial charge in [0, 0.05) is 6.07 Å². The molecule has 0 atom stereocenters. The average molecular weight is 366 g/mol. The number of aromatic amines is 1. The molecule has 0 saturated carbocycles. The van der Waals surface area contributed by atoms with E-state index in [4.69, 9.17) is 0 Å². The lowest BCUT2D eigenvalue weighted by Crippen LogP contribution is -2.13. The van der Waals surface area contributed by atoms with Gasteiger partial charge in [0.15, 0.2) is 11.5 Å². The number of halogens is 6. The van der Waals surface area contributed by atoms with Crippen LogP contribution in [0, 0.1) is 0 Å². The highest BCUT2D eigenvalue weighted by Crippen LogP contribution is 2.31. The summed E-state index contributed by atoms with van der Waals surface area (Å²) in [6.45, 7) is -0.948. The van der Waals surface area contributed by atoms with E-state index in [1.54, 1.807) is 0 Å². The minimum absolute atomic E-state index is 0.0309. The first-order valence-corrected chi connectivity index (χ1v) is 6.55. The molecule has 3 heterocycles. The summed E-state index contributed by atoms with van der Waals surface area (Å²) in [5.74, 6) is -0.0205. The summed E-state index contributed by atoms with van der Waals surface area (Å²) in [5, 5.41) is 12.3. The van der Waals surface area contributed by atoms with Crippen LogP contribution in [0.3, 0.4) is 0 Å². The maximum absolute atomic E-state index is 13.0. The molecular weight excluding hydrogens is 358 g/mol. The molecule has 0 aliphatic carbocycles. The predicted molar refractivity (Wildman–Crippen MR) is 70.7 cm³/mol. The van der Waals surface area contributed by atoms with E-state index in [1.807, 2.05) is 0 Å². The zero-order chi connectivity index (χ0) is 18.2. The molecule has 25 heavy (non-hydrogen) atoms. The number of anilines is 2. The van der Waals surface area contributed by atoms with Gasteiger partial charge >= 0.3 is 12.5 Å². The number of hydrogen-bond donors (Lipinski definition) is 2. The van der Waals surface area contributed by atoms with E-state index in [2.05, 4.69) is 30.3 Å². The van der Waals surface area contributed by atoms with Crippen LogP contribution in [0.1, 0.15) is 11.4 Å². The van der Waals surface area contributed by atoms with Crippen molar-refractivity contribution in [2.24, 2.45) is 0 Å². The van der Waals surface area contributed by atoms with E-state index < -0.39 is 24.8 Å². The molecule has 0 amide bonds. The van der Waals surface area contributed by atoms with Crippen LogP contribution in [0.25, 0.3) is 5.52 Å². The summed E-state index contributed by atoms with van der Waals surface area (Å²) in [7, 11) is 0. The van der Waals surface area contributed by atoms with E-state index >= 15 is 0 Å². The Labute approximate surface area is 134 Å². The van der Waals surface area contributed by atoms with Crippen molar-refractivity contribution >= 4 is 17.2 Å². The van der Waals surface area contributed by atoms with Crippen LogP contribution in [0.4, 0.5) is 38.0 Å². The molecule has 0 saturated heterocycles. The Morgan fingerprint density at radius 1 is 1.20 bits per heavy atom. The average Bonchev–Trinajstić information content (AvgIpc) is 3.12. The minimum Gasteiger partial charge on any atom is -0.324 e. The smallest absolute Gasteiger partial charge is 0.324 e. The second-order valence-corrected chi connectivity index (χ2v) is 4.77. The van der Waals surface area contributed by atoms with E-state index in [1.165, 1.54) is 12.3 Å². The molecule has 0 aliphatic rings. The molecule has 3 aromatic heterocycles. The monoisotopic (exact) mass is 366 g/mol. The normalized spacial score (nSPS) is 12.7. The lowest BCUT2D eigenvalue weighted by molar-refractivity contribution is -0.330. The Hall–Kier alpha value is -2.83. The quantitative estimate of drug-likeness (QED) is 0.693. The molecule has 7 nitrogen and oxygen atoms in total. The molecule has 0 unspecified atom stereocenters. The third-order valence-corrected chi connectivity index (χ3v) is 2.93. The molecule has 134 valence electrons. The van der Waals surface area contributed by atoms with Crippen LogP contribution in [0.15, 0.2) is 24.5 Å². The van der Waals surface area contributed by atoms with Crippen molar-refractivity contribution in [1.82, 2.24) is 24.8 Å². The van der Waals surface area contributed by atoms with E-state index in [9.17, 15) is 26.3 Å². The van der Waals surface area contributed by atoms with Gasteiger partial charge in [-0.2, -0.15) is 23.4 Å². The standard InChI is InChI=1S/C12H8F6N6O/c13-11(14,15)8-4-24-7(3-6(23-24)5-25-12(16,17)18)10(20-8)21-9-1-2-19-22-9/h1-4H,5H2,(H2,19,20,21,22). The van der Waals surface area contributed by atoms with E-state index in [0.29, 0.717) is 6.20 Å². The van der Waals surface area contributed by atoms with Gasteiger partial charge in [0.2, 0.25) is 0 Å². The van der Waals surface area contributed by atoms with Gasteiger partial charge in [0.1, 0.15) is 17.9 Å². The Morgan fingerprint density at radius 3 is 2.56 bits per heavy atom. The number of alkyl halides is 6. The summed E-state index contributed by atoms with van der Waals surface area (Å²) < 4.78 is 79.6. The van der Waals surface area contributed by atoms with Gasteiger partial charge in [-0.3, -0.25) is 9.84 Å². The van der Waals surface area contributed by atoms with Crippen LogP contribution in [0.5, 0.6) is 0 Å². The largest absolute Gasteiger partial charge is 0.522 e. The van der Waals surface area contributed by atoms with Crippen molar-refractivity contribution in [2.45, 2.75) is 19.1 Å². The lowest BCUT2D eigenvalue weighted by Gasteiger charge is -2.10. The Kier molecular flexibility index (Phi) is 4.02. The number of aromatic nitrogens is 5. The van der Waals surface area contributed by atoms with Crippen molar-refractivity contribution in [2.75, 3.05) is 5.32 Å². The Bertz CT molecular complexity index is 869. The van der Waals surface area contributed by atoms with Gasteiger partial charge in [-0.1, -0.05) is 0 Å². The van der Waals surface area contributed by atoms with Crippen LogP contribution < -0.4 is 5.32 Å². The lowest BCUT2D eigenvalue weighted by atomic mass is 10.3. The molecular formula is C12H8F6N6O. The maximum atomic E-state index is 13.0. The third-order valence-electron chi connectivity index (χ3n) is 2.93. The van der Waals surface area contributed by atoms with Gasteiger partial charge in [-0.15, -0.1) is 13.2 Å². The van der Waals surface area contributed by atoms with Crippen LogP contribution in [-0.4, -0.2) is 31.2 Å². The first-order valence-electron chi connectivity index (χ1n) is 6.55. The predicted octanol–water partition coefficient (Wildman–Crippen LogP) is 3.25. The number of nitrogens with one attached hydrogen (secondary N) is 2. The summed E-state index contributed by atoms with van der Waals surface area (Å²) in [5.41, 5.74) is -1.46. The number of fused-ring (bicyclic) bond motifs is 1. The molecule has 3 aromatic rings. The first kappa shape index (κ1) is 17.0. The Morgan fingerprint density at radius 2 is 1.96 bits per heavy atom. The molecule has 2 N–H and O–H groups in total. The second-order valence-electron chi connectivity index (χ2n) is 4.77. The fraction of sp³-hybridized carbons (Fsp3) is 0.250. The van der Waals surface area contributed by atoms with Crippen LogP contribution >= 0.6 is 0 Å². The van der Waals surface area contributed by atoms with E-state index in [-0.39, 0.29) is 22.8 Å². The number of hydrogen-bond acceptors (Lipinski definition) is 5. The fourth-order valence-corrected chi connectivity index (χ4v) is 1.95. The zero-order valence-electron chi connectivity index (χ0n) is 12.0. The zero-order valence-corrected chi connectivity index (χ0v) is 12.0. The third kappa shape index (κ3) is 3.99. The molecule has 3 rings (SSSR count). The van der Waals surface area contributed by atoms with Crippen LogP contribution in [-0.2, 0) is 17.5 Å². The van der Waals surface area contributed by atoms with Crippen molar-refractivity contribution in [3.8, 4) is 0 Å². The van der Waals surface area contributed by atoms with Gasteiger partial charge < -0.3 is 5.32 Å². The minimum atomic E-state index is -4.89. The number of ether oxygens (including phenoxy) is 1. The molecule has 0 aromatic carbocycles. The van der Waals surface area contributed by atoms with Gasteiger partial charge in [-0.25, -0.2) is 9.50 Å². The highest BCUT2D eigenvalue weighted by atomic mass is 19.4. The molecule has 0 bridgehead atoms. The molecule has 0 aliphatic heterocycles. The van der Waals surface area contributed by atoms with Crippen molar-refractivity contribution < 1.29 is 31.1 Å². The van der Waals surface area contributed by atoms with Gasteiger partial charge in [0.05, 0.1) is 18.1 Å². The highest BCUT2D eigenvalue weighted by molar-refractivity contribution is 5.72. The molecule has 13 heteroatoms. The summed E-state index contributed by atoms with van der Waals surface area (Å²) in [4.78, 5) is 3.46.